The van der Waals surface area contributed by atoms with Crippen molar-refractivity contribution in [3.05, 3.63) is 87.4 Å². The molecule has 1 heterocycles. The molecule has 7 heteroatoms. The van der Waals surface area contributed by atoms with E-state index in [4.69, 9.17) is 0 Å². The number of nitrogens with zero attached hydrogens (tertiary/aromatic N) is 2. The molecule has 36 heavy (non-hydrogen) atoms. The van der Waals surface area contributed by atoms with E-state index in [0.29, 0.717) is 13.1 Å². The Labute approximate surface area is 216 Å². The predicted molar refractivity (Wildman–Crippen MR) is 143 cm³/mol. The molecule has 0 saturated heterocycles. The van der Waals surface area contributed by atoms with E-state index in [0.717, 1.165) is 53.8 Å². The van der Waals surface area contributed by atoms with E-state index in [2.05, 4.69) is 5.32 Å². The summed E-state index contributed by atoms with van der Waals surface area (Å²) in [6.07, 6.45) is 5.07. The molecule has 1 saturated carbocycles. The standard InChI is InChI=1S/C29H34FN3O2S/c1-21-8-6-7-11-27(21)31-29(35)33(25-9-4-3-5-10-25)20-28(34)32(19-26-17-12-22(2)36-26)18-23-13-15-24(30)16-14-23/h6-8,11-17,25H,3-5,9-10,18-20H2,1-2H3,(H,31,35). The SMILES string of the molecule is Cc1ccc(CN(Cc2ccc(F)cc2)C(=O)CN(C(=O)Nc2ccccc2C)C2CCCCC2)s1. The summed E-state index contributed by atoms with van der Waals surface area (Å²) in [5.41, 5.74) is 2.59. The molecule has 4 rings (SSSR count). The van der Waals surface area contributed by atoms with Gasteiger partial charge >= 0.3 is 6.03 Å². The number of anilines is 1. The highest BCUT2D eigenvalue weighted by atomic mass is 32.1. The number of carbonyl (C=O) groups excluding carboxylic acids is 2. The molecule has 1 aliphatic rings. The second-order valence-electron chi connectivity index (χ2n) is 9.55. The normalized spacial score (nSPS) is 13.9. The molecule has 1 aromatic heterocycles. The van der Waals surface area contributed by atoms with Crippen LogP contribution < -0.4 is 5.32 Å². The lowest BCUT2D eigenvalue weighted by Gasteiger charge is -2.35. The Bertz CT molecular complexity index is 1170. The molecular weight excluding hydrogens is 473 g/mol. The number of hydrogen-bond acceptors (Lipinski definition) is 3. The zero-order valence-electron chi connectivity index (χ0n) is 21.0. The molecule has 1 aliphatic carbocycles. The van der Waals surface area contributed by atoms with Crippen LogP contribution in [0, 0.1) is 19.7 Å². The van der Waals surface area contributed by atoms with Crippen molar-refractivity contribution in [2.45, 2.75) is 65.1 Å². The van der Waals surface area contributed by atoms with Crippen molar-refractivity contribution in [3.8, 4) is 0 Å². The van der Waals surface area contributed by atoms with Gasteiger partial charge in [0, 0.05) is 28.0 Å². The smallest absolute Gasteiger partial charge is 0.322 e. The number of nitrogens with one attached hydrogen (secondary N) is 1. The summed E-state index contributed by atoms with van der Waals surface area (Å²) in [5, 5.41) is 3.04. The molecule has 0 bridgehead atoms. The van der Waals surface area contributed by atoms with E-state index in [-0.39, 0.29) is 30.3 Å². The van der Waals surface area contributed by atoms with Crippen molar-refractivity contribution in [1.82, 2.24) is 9.80 Å². The van der Waals surface area contributed by atoms with Gasteiger partial charge in [-0.05, 0) is 68.1 Å². The Kier molecular flexibility index (Phi) is 8.75. The first kappa shape index (κ1) is 25.9. The number of aryl methyl sites for hydroxylation is 2. The Morgan fingerprint density at radius 2 is 1.67 bits per heavy atom. The number of urea groups is 1. The minimum atomic E-state index is -0.304. The van der Waals surface area contributed by atoms with E-state index in [1.807, 2.05) is 50.2 Å². The van der Waals surface area contributed by atoms with Gasteiger partial charge in [0.15, 0.2) is 0 Å². The number of rotatable bonds is 8. The van der Waals surface area contributed by atoms with E-state index in [1.165, 1.54) is 17.0 Å². The number of benzene rings is 2. The maximum atomic E-state index is 13.7. The molecule has 3 amide bonds. The molecule has 3 aromatic rings. The lowest BCUT2D eigenvalue weighted by molar-refractivity contribution is -0.133. The molecule has 1 fully saturated rings. The highest BCUT2D eigenvalue weighted by Crippen LogP contribution is 2.25. The second-order valence-corrected chi connectivity index (χ2v) is 10.9. The number of carbonyl (C=O) groups is 2. The molecular formula is C29H34FN3O2S. The van der Waals surface area contributed by atoms with Gasteiger partial charge in [0.2, 0.25) is 5.91 Å². The summed E-state index contributed by atoms with van der Waals surface area (Å²) in [7, 11) is 0. The third kappa shape index (κ3) is 6.94. The molecule has 5 nitrogen and oxygen atoms in total. The molecule has 0 spiro atoms. The molecule has 0 atom stereocenters. The third-order valence-corrected chi connectivity index (χ3v) is 7.74. The predicted octanol–water partition coefficient (Wildman–Crippen LogP) is 6.90. The van der Waals surface area contributed by atoms with Gasteiger partial charge in [-0.3, -0.25) is 4.79 Å². The molecule has 1 N–H and O–H groups in total. The second kappa shape index (κ2) is 12.2. The van der Waals surface area contributed by atoms with Crippen LogP contribution >= 0.6 is 11.3 Å². The average molecular weight is 508 g/mol. The van der Waals surface area contributed by atoms with Crippen LogP contribution in [0.4, 0.5) is 14.9 Å². The summed E-state index contributed by atoms with van der Waals surface area (Å²) in [4.78, 5) is 33.0. The third-order valence-electron chi connectivity index (χ3n) is 6.75. The molecule has 2 aromatic carbocycles. The molecule has 0 aliphatic heterocycles. The van der Waals surface area contributed by atoms with Crippen LogP contribution in [0.3, 0.4) is 0 Å². The Morgan fingerprint density at radius 3 is 2.33 bits per heavy atom. The molecule has 190 valence electrons. The quantitative estimate of drug-likeness (QED) is 0.361. The average Bonchev–Trinajstić information content (AvgIpc) is 3.29. The number of amides is 3. The minimum absolute atomic E-state index is 0.00787. The topological polar surface area (TPSA) is 52.7 Å². The van der Waals surface area contributed by atoms with Crippen molar-refractivity contribution in [1.29, 1.82) is 0 Å². The zero-order chi connectivity index (χ0) is 25.5. The Morgan fingerprint density at radius 1 is 0.944 bits per heavy atom. The summed E-state index contributed by atoms with van der Waals surface area (Å²) in [6, 6.07) is 17.8. The highest BCUT2D eigenvalue weighted by Gasteiger charge is 2.29. The van der Waals surface area contributed by atoms with Crippen LogP contribution in [-0.2, 0) is 17.9 Å². The molecule has 0 radical (unpaired) electrons. The van der Waals surface area contributed by atoms with Gasteiger partial charge in [-0.15, -0.1) is 11.3 Å². The van der Waals surface area contributed by atoms with Gasteiger partial charge < -0.3 is 15.1 Å². The van der Waals surface area contributed by atoms with Gasteiger partial charge in [-0.1, -0.05) is 49.6 Å². The number of thiophene rings is 1. The van der Waals surface area contributed by atoms with Gasteiger partial charge in [-0.2, -0.15) is 0 Å². The zero-order valence-corrected chi connectivity index (χ0v) is 21.8. The van der Waals surface area contributed by atoms with E-state index in [1.54, 1.807) is 33.3 Å². The summed E-state index contributed by atoms with van der Waals surface area (Å²) in [5.74, 6) is -0.419. The first-order valence-electron chi connectivity index (χ1n) is 12.6. The van der Waals surface area contributed by atoms with Crippen LogP contribution in [0.2, 0.25) is 0 Å². The summed E-state index contributed by atoms with van der Waals surface area (Å²) < 4.78 is 13.5. The van der Waals surface area contributed by atoms with Crippen molar-refractivity contribution in [2.75, 3.05) is 11.9 Å². The van der Waals surface area contributed by atoms with Crippen LogP contribution in [-0.4, -0.2) is 34.3 Å². The van der Waals surface area contributed by atoms with Gasteiger partial charge in [0.05, 0.1) is 6.54 Å². The van der Waals surface area contributed by atoms with E-state index < -0.39 is 0 Å². The van der Waals surface area contributed by atoms with Crippen LogP contribution in [0.5, 0.6) is 0 Å². The Balaban J connectivity index is 1.55. The summed E-state index contributed by atoms with van der Waals surface area (Å²) >= 11 is 1.66. The highest BCUT2D eigenvalue weighted by molar-refractivity contribution is 7.11. The van der Waals surface area contributed by atoms with Gasteiger partial charge in [0.1, 0.15) is 12.4 Å². The maximum absolute atomic E-state index is 13.7. The van der Waals surface area contributed by atoms with Crippen molar-refractivity contribution >= 4 is 29.0 Å². The lowest BCUT2D eigenvalue weighted by Crippen LogP contribution is -2.49. The lowest BCUT2D eigenvalue weighted by atomic mass is 9.94. The monoisotopic (exact) mass is 507 g/mol. The number of para-hydroxylation sites is 1. The first-order valence-corrected chi connectivity index (χ1v) is 13.4. The van der Waals surface area contributed by atoms with Crippen molar-refractivity contribution in [3.63, 3.8) is 0 Å². The largest absolute Gasteiger partial charge is 0.332 e. The van der Waals surface area contributed by atoms with Crippen LogP contribution in [0.1, 0.15) is 53.0 Å². The van der Waals surface area contributed by atoms with Gasteiger partial charge in [-0.25, -0.2) is 9.18 Å². The fraction of sp³-hybridized carbons (Fsp3) is 0.379. The first-order chi connectivity index (χ1) is 17.4. The Hall–Kier alpha value is -3.19. The van der Waals surface area contributed by atoms with E-state index >= 15 is 0 Å². The number of halogens is 1. The van der Waals surface area contributed by atoms with Crippen molar-refractivity contribution < 1.29 is 14.0 Å². The van der Waals surface area contributed by atoms with Crippen molar-refractivity contribution in [2.24, 2.45) is 0 Å². The number of hydrogen-bond donors (Lipinski definition) is 1. The van der Waals surface area contributed by atoms with Crippen LogP contribution in [0.25, 0.3) is 0 Å². The maximum Gasteiger partial charge on any atom is 0.322 e. The summed E-state index contributed by atoms with van der Waals surface area (Å²) in [6.45, 7) is 4.81. The fourth-order valence-electron chi connectivity index (χ4n) is 4.71. The van der Waals surface area contributed by atoms with E-state index in [9.17, 15) is 14.0 Å². The molecule has 0 unspecified atom stereocenters. The van der Waals surface area contributed by atoms with Crippen LogP contribution in [0.15, 0.2) is 60.7 Å². The minimum Gasteiger partial charge on any atom is -0.332 e. The van der Waals surface area contributed by atoms with Gasteiger partial charge in [0.25, 0.3) is 0 Å². The fourth-order valence-corrected chi connectivity index (χ4v) is 5.61.